The van der Waals surface area contributed by atoms with E-state index >= 15 is 0 Å². The van der Waals surface area contributed by atoms with Crippen LogP contribution in [0.15, 0.2) is 29.3 Å². The molecule has 6 heteroatoms. The first-order valence-corrected chi connectivity index (χ1v) is 5.72. The molecule has 1 amide bonds. The number of hydrogen-bond acceptors (Lipinski definition) is 4. The maximum atomic E-state index is 11.6. The molecule has 18 heavy (non-hydrogen) atoms. The second-order valence-electron chi connectivity index (χ2n) is 3.22. The normalized spacial score (nSPS) is 9.50. The van der Waals surface area contributed by atoms with E-state index in [-0.39, 0.29) is 11.5 Å². The van der Waals surface area contributed by atoms with E-state index in [9.17, 15) is 9.59 Å². The standard InChI is InChI=1S/C12H12BrNO4/c1-4-10(15)14-7-5-8(13)11(12(16)18-3)9(6-7)17-2/h4-6H,1H2,2-3H3,(H,14,15). The summed E-state index contributed by atoms with van der Waals surface area (Å²) in [6, 6.07) is 3.11. The van der Waals surface area contributed by atoms with Gasteiger partial charge in [-0.3, -0.25) is 4.79 Å². The molecule has 5 nitrogen and oxygen atoms in total. The van der Waals surface area contributed by atoms with Gasteiger partial charge in [0.25, 0.3) is 0 Å². The van der Waals surface area contributed by atoms with Crippen LogP contribution in [-0.4, -0.2) is 26.1 Å². The van der Waals surface area contributed by atoms with Crippen LogP contribution in [0.5, 0.6) is 5.75 Å². The van der Waals surface area contributed by atoms with E-state index in [1.165, 1.54) is 20.3 Å². The van der Waals surface area contributed by atoms with Crippen LogP contribution in [-0.2, 0) is 9.53 Å². The van der Waals surface area contributed by atoms with Crippen molar-refractivity contribution in [1.82, 2.24) is 0 Å². The molecule has 96 valence electrons. The van der Waals surface area contributed by atoms with Gasteiger partial charge in [0.2, 0.25) is 5.91 Å². The SMILES string of the molecule is C=CC(=O)Nc1cc(Br)c(C(=O)OC)c(OC)c1. The highest BCUT2D eigenvalue weighted by atomic mass is 79.9. The van der Waals surface area contributed by atoms with Crippen molar-refractivity contribution in [1.29, 1.82) is 0 Å². The second kappa shape index (κ2) is 6.20. The summed E-state index contributed by atoms with van der Waals surface area (Å²) in [6.07, 6.45) is 1.15. The van der Waals surface area contributed by atoms with Crippen molar-refractivity contribution in [2.24, 2.45) is 0 Å². The summed E-state index contributed by atoms with van der Waals surface area (Å²) in [5.41, 5.74) is 0.743. The van der Waals surface area contributed by atoms with Gasteiger partial charge >= 0.3 is 5.97 Å². The van der Waals surface area contributed by atoms with Crippen LogP contribution in [0.25, 0.3) is 0 Å². The molecule has 0 heterocycles. The average molecular weight is 314 g/mol. The molecule has 0 saturated heterocycles. The molecular weight excluding hydrogens is 302 g/mol. The highest BCUT2D eigenvalue weighted by molar-refractivity contribution is 9.10. The molecule has 1 aromatic carbocycles. The fraction of sp³-hybridized carbons (Fsp3) is 0.167. The minimum atomic E-state index is -0.527. The van der Waals surface area contributed by atoms with Gasteiger partial charge in [0.05, 0.1) is 14.2 Å². The van der Waals surface area contributed by atoms with Crippen molar-refractivity contribution in [3.8, 4) is 5.75 Å². The summed E-state index contributed by atoms with van der Waals surface area (Å²) in [6.45, 7) is 3.35. The Labute approximate surface area is 113 Å². The van der Waals surface area contributed by atoms with Gasteiger partial charge in [0.15, 0.2) is 0 Å². The molecule has 0 aliphatic heterocycles. The smallest absolute Gasteiger partial charge is 0.342 e. The van der Waals surface area contributed by atoms with E-state index < -0.39 is 5.97 Å². The number of methoxy groups -OCH3 is 2. The van der Waals surface area contributed by atoms with Gasteiger partial charge in [-0.1, -0.05) is 6.58 Å². The first kappa shape index (κ1) is 14.2. The number of anilines is 1. The number of ether oxygens (including phenoxy) is 2. The van der Waals surface area contributed by atoms with Gasteiger partial charge < -0.3 is 14.8 Å². The third kappa shape index (κ3) is 3.10. The lowest BCUT2D eigenvalue weighted by Crippen LogP contribution is -2.10. The lowest BCUT2D eigenvalue weighted by molar-refractivity contribution is -0.111. The zero-order valence-electron chi connectivity index (χ0n) is 9.95. The lowest BCUT2D eigenvalue weighted by atomic mass is 10.2. The minimum absolute atomic E-state index is 0.261. The Hall–Kier alpha value is -1.82. The molecule has 0 atom stereocenters. The summed E-state index contributed by atoms with van der Waals surface area (Å²) < 4.78 is 10.2. The highest BCUT2D eigenvalue weighted by Crippen LogP contribution is 2.31. The van der Waals surface area contributed by atoms with E-state index in [1.807, 2.05) is 0 Å². The summed E-state index contributed by atoms with van der Waals surface area (Å²) in [7, 11) is 2.70. The number of carbonyl (C=O) groups is 2. The zero-order valence-corrected chi connectivity index (χ0v) is 11.5. The fourth-order valence-electron chi connectivity index (χ4n) is 1.31. The maximum absolute atomic E-state index is 11.6. The summed E-state index contributed by atoms with van der Waals surface area (Å²) in [5, 5.41) is 2.57. The molecule has 1 rings (SSSR count). The third-order valence-electron chi connectivity index (χ3n) is 2.12. The largest absolute Gasteiger partial charge is 0.496 e. The number of esters is 1. The molecule has 1 aromatic rings. The Balaban J connectivity index is 3.22. The summed E-state index contributed by atoms with van der Waals surface area (Å²) in [5.74, 6) is -0.578. The second-order valence-corrected chi connectivity index (χ2v) is 4.07. The van der Waals surface area contributed by atoms with Gasteiger partial charge in [-0.15, -0.1) is 0 Å². The topological polar surface area (TPSA) is 64.6 Å². The molecule has 0 saturated carbocycles. The van der Waals surface area contributed by atoms with Gasteiger partial charge in [-0.05, 0) is 28.1 Å². The molecule has 0 bridgehead atoms. The van der Waals surface area contributed by atoms with E-state index in [2.05, 4.69) is 32.6 Å². The van der Waals surface area contributed by atoms with Crippen LogP contribution in [0.4, 0.5) is 5.69 Å². The Morgan fingerprint density at radius 2 is 2.06 bits per heavy atom. The lowest BCUT2D eigenvalue weighted by Gasteiger charge is -2.11. The molecule has 0 radical (unpaired) electrons. The fourth-order valence-corrected chi connectivity index (χ4v) is 1.91. The number of rotatable bonds is 4. The Kier molecular flexibility index (Phi) is 4.91. The first-order chi connectivity index (χ1) is 8.53. The summed E-state index contributed by atoms with van der Waals surface area (Å²) >= 11 is 3.23. The van der Waals surface area contributed by atoms with E-state index in [0.717, 1.165) is 6.08 Å². The number of nitrogens with one attached hydrogen (secondary N) is 1. The van der Waals surface area contributed by atoms with Crippen molar-refractivity contribution in [2.45, 2.75) is 0 Å². The molecule has 0 aliphatic carbocycles. The monoisotopic (exact) mass is 313 g/mol. The van der Waals surface area contributed by atoms with Crippen LogP contribution in [0.3, 0.4) is 0 Å². The van der Waals surface area contributed by atoms with Crippen LogP contribution < -0.4 is 10.1 Å². The molecule has 0 aliphatic rings. The van der Waals surface area contributed by atoms with Crippen molar-refractivity contribution >= 4 is 33.5 Å². The van der Waals surface area contributed by atoms with Crippen LogP contribution in [0.2, 0.25) is 0 Å². The number of halogens is 1. The Bertz CT molecular complexity index is 499. The molecule has 0 unspecified atom stereocenters. The summed E-state index contributed by atoms with van der Waals surface area (Å²) in [4.78, 5) is 22.8. The van der Waals surface area contributed by atoms with E-state index in [4.69, 9.17) is 4.74 Å². The third-order valence-corrected chi connectivity index (χ3v) is 2.74. The van der Waals surface area contributed by atoms with Crippen molar-refractivity contribution in [2.75, 3.05) is 19.5 Å². The molecule has 0 aromatic heterocycles. The minimum Gasteiger partial charge on any atom is -0.496 e. The van der Waals surface area contributed by atoms with E-state index in [0.29, 0.717) is 15.9 Å². The number of benzene rings is 1. The van der Waals surface area contributed by atoms with E-state index in [1.54, 1.807) is 6.07 Å². The molecule has 0 spiro atoms. The van der Waals surface area contributed by atoms with Crippen LogP contribution in [0.1, 0.15) is 10.4 Å². The van der Waals surface area contributed by atoms with Crippen LogP contribution in [0, 0.1) is 0 Å². The van der Waals surface area contributed by atoms with Gasteiger partial charge in [-0.2, -0.15) is 0 Å². The van der Waals surface area contributed by atoms with Gasteiger partial charge in [0.1, 0.15) is 11.3 Å². The van der Waals surface area contributed by atoms with Crippen molar-refractivity contribution < 1.29 is 19.1 Å². The van der Waals surface area contributed by atoms with Crippen molar-refractivity contribution in [3.63, 3.8) is 0 Å². The van der Waals surface area contributed by atoms with Crippen molar-refractivity contribution in [3.05, 3.63) is 34.8 Å². The van der Waals surface area contributed by atoms with Gasteiger partial charge in [-0.25, -0.2) is 4.79 Å². The molecule has 1 N–H and O–H groups in total. The predicted octanol–water partition coefficient (Wildman–Crippen LogP) is 2.37. The maximum Gasteiger partial charge on any atom is 0.342 e. The number of amides is 1. The predicted molar refractivity (Wildman–Crippen MR) is 70.9 cm³/mol. The Morgan fingerprint density at radius 3 is 2.56 bits per heavy atom. The average Bonchev–Trinajstić information content (AvgIpc) is 2.36. The zero-order chi connectivity index (χ0) is 13.7. The first-order valence-electron chi connectivity index (χ1n) is 4.92. The number of hydrogen-bond donors (Lipinski definition) is 1. The molecular formula is C12H12BrNO4. The number of carbonyl (C=O) groups excluding carboxylic acids is 2. The Morgan fingerprint density at radius 1 is 1.39 bits per heavy atom. The highest BCUT2D eigenvalue weighted by Gasteiger charge is 2.18. The molecule has 0 fully saturated rings. The quantitative estimate of drug-likeness (QED) is 0.684. The van der Waals surface area contributed by atoms with Crippen LogP contribution >= 0.6 is 15.9 Å². The van der Waals surface area contributed by atoms with Gasteiger partial charge in [0, 0.05) is 16.2 Å².